The standard InChI is InChI=1S/C14H19N3/c1-4-17(3)14-13-8-6-5-7-12(13)11(9-15-2)10-16-14/h5-8,10,15H,4,9H2,1-3H3. The molecule has 2 rings (SSSR count). The highest BCUT2D eigenvalue weighted by Crippen LogP contribution is 2.26. The van der Waals surface area contributed by atoms with Crippen LogP contribution in [0.3, 0.4) is 0 Å². The molecule has 90 valence electrons. The van der Waals surface area contributed by atoms with Gasteiger partial charge < -0.3 is 10.2 Å². The van der Waals surface area contributed by atoms with Gasteiger partial charge in [0.1, 0.15) is 5.82 Å². The Balaban J connectivity index is 2.62. The van der Waals surface area contributed by atoms with Crippen molar-refractivity contribution in [2.24, 2.45) is 0 Å². The van der Waals surface area contributed by atoms with E-state index in [0.29, 0.717) is 0 Å². The minimum atomic E-state index is 0.851. The van der Waals surface area contributed by atoms with Crippen molar-refractivity contribution in [3.05, 3.63) is 36.0 Å². The summed E-state index contributed by atoms with van der Waals surface area (Å²) in [6, 6.07) is 8.46. The Morgan fingerprint density at radius 3 is 2.59 bits per heavy atom. The highest BCUT2D eigenvalue weighted by Gasteiger charge is 2.08. The molecule has 1 heterocycles. The minimum Gasteiger partial charge on any atom is -0.359 e. The molecule has 17 heavy (non-hydrogen) atoms. The van der Waals surface area contributed by atoms with Crippen LogP contribution in [0, 0.1) is 0 Å². The lowest BCUT2D eigenvalue weighted by atomic mass is 10.1. The van der Waals surface area contributed by atoms with E-state index in [-0.39, 0.29) is 0 Å². The summed E-state index contributed by atoms with van der Waals surface area (Å²) < 4.78 is 0. The van der Waals surface area contributed by atoms with Crippen molar-refractivity contribution in [1.82, 2.24) is 10.3 Å². The molecule has 1 aromatic carbocycles. The maximum absolute atomic E-state index is 4.58. The Morgan fingerprint density at radius 2 is 1.94 bits per heavy atom. The fourth-order valence-electron chi connectivity index (χ4n) is 2.02. The fraction of sp³-hybridized carbons (Fsp3) is 0.357. The number of fused-ring (bicyclic) bond motifs is 1. The normalized spacial score (nSPS) is 10.8. The number of hydrogen-bond acceptors (Lipinski definition) is 3. The van der Waals surface area contributed by atoms with Crippen molar-refractivity contribution in [2.45, 2.75) is 13.5 Å². The maximum Gasteiger partial charge on any atom is 0.136 e. The molecule has 1 aromatic heterocycles. The number of nitrogens with one attached hydrogen (secondary N) is 1. The summed E-state index contributed by atoms with van der Waals surface area (Å²) in [5.74, 6) is 1.06. The molecule has 0 radical (unpaired) electrons. The quantitative estimate of drug-likeness (QED) is 0.872. The van der Waals surface area contributed by atoms with E-state index in [2.05, 4.69) is 53.4 Å². The number of hydrogen-bond donors (Lipinski definition) is 1. The molecule has 0 atom stereocenters. The Kier molecular flexibility index (Phi) is 3.59. The van der Waals surface area contributed by atoms with Gasteiger partial charge in [0.05, 0.1) is 0 Å². The van der Waals surface area contributed by atoms with Crippen LogP contribution in [-0.2, 0) is 6.54 Å². The van der Waals surface area contributed by atoms with Crippen molar-refractivity contribution in [2.75, 3.05) is 25.5 Å². The van der Waals surface area contributed by atoms with Gasteiger partial charge in [0.15, 0.2) is 0 Å². The largest absolute Gasteiger partial charge is 0.359 e. The number of aromatic nitrogens is 1. The molecule has 0 saturated heterocycles. The third-order valence-corrected chi connectivity index (χ3v) is 3.06. The second kappa shape index (κ2) is 5.15. The molecule has 0 fully saturated rings. The summed E-state index contributed by atoms with van der Waals surface area (Å²) in [6.07, 6.45) is 1.97. The zero-order chi connectivity index (χ0) is 12.3. The molecule has 3 nitrogen and oxygen atoms in total. The predicted octanol–water partition coefficient (Wildman–Crippen LogP) is 2.41. The van der Waals surface area contributed by atoms with Gasteiger partial charge >= 0.3 is 0 Å². The van der Waals surface area contributed by atoms with Crippen LogP contribution in [0.4, 0.5) is 5.82 Å². The van der Waals surface area contributed by atoms with E-state index in [9.17, 15) is 0 Å². The average molecular weight is 229 g/mol. The predicted molar refractivity (Wildman–Crippen MR) is 73.5 cm³/mol. The van der Waals surface area contributed by atoms with E-state index in [1.54, 1.807) is 0 Å². The number of pyridine rings is 1. The molecule has 0 saturated carbocycles. The number of anilines is 1. The molecular weight excluding hydrogens is 210 g/mol. The van der Waals surface area contributed by atoms with Crippen LogP contribution >= 0.6 is 0 Å². The lowest BCUT2D eigenvalue weighted by Crippen LogP contribution is -2.18. The van der Waals surface area contributed by atoms with Crippen LogP contribution in [0.2, 0.25) is 0 Å². The summed E-state index contributed by atoms with van der Waals surface area (Å²) >= 11 is 0. The van der Waals surface area contributed by atoms with E-state index in [1.165, 1.54) is 16.3 Å². The van der Waals surface area contributed by atoms with Crippen LogP contribution in [0.15, 0.2) is 30.5 Å². The van der Waals surface area contributed by atoms with Crippen molar-refractivity contribution in [3.63, 3.8) is 0 Å². The first-order valence-corrected chi connectivity index (χ1v) is 6.00. The molecular formula is C14H19N3. The highest BCUT2D eigenvalue weighted by molar-refractivity contribution is 5.94. The molecule has 3 heteroatoms. The van der Waals surface area contributed by atoms with Crippen LogP contribution in [0.1, 0.15) is 12.5 Å². The van der Waals surface area contributed by atoms with Gasteiger partial charge in [-0.15, -0.1) is 0 Å². The highest BCUT2D eigenvalue weighted by atomic mass is 15.2. The number of rotatable bonds is 4. The topological polar surface area (TPSA) is 28.2 Å². The zero-order valence-electron chi connectivity index (χ0n) is 10.7. The molecule has 0 aliphatic rings. The zero-order valence-corrected chi connectivity index (χ0v) is 10.7. The van der Waals surface area contributed by atoms with Gasteiger partial charge in [-0.3, -0.25) is 0 Å². The van der Waals surface area contributed by atoms with Gasteiger partial charge in [0, 0.05) is 31.7 Å². The van der Waals surface area contributed by atoms with E-state index >= 15 is 0 Å². The van der Waals surface area contributed by atoms with Crippen LogP contribution < -0.4 is 10.2 Å². The molecule has 0 aliphatic heterocycles. The molecule has 0 unspecified atom stereocenters. The summed E-state index contributed by atoms with van der Waals surface area (Å²) in [7, 11) is 4.04. The Hall–Kier alpha value is -1.61. The van der Waals surface area contributed by atoms with Crippen molar-refractivity contribution >= 4 is 16.6 Å². The average Bonchev–Trinajstić information content (AvgIpc) is 2.38. The SMILES string of the molecule is CCN(C)c1ncc(CNC)c2ccccc12. The summed E-state index contributed by atoms with van der Waals surface area (Å²) in [4.78, 5) is 6.75. The molecule has 0 amide bonds. The number of benzene rings is 1. The molecule has 0 spiro atoms. The van der Waals surface area contributed by atoms with E-state index < -0.39 is 0 Å². The third-order valence-electron chi connectivity index (χ3n) is 3.06. The molecule has 2 aromatic rings. The van der Waals surface area contributed by atoms with E-state index in [0.717, 1.165) is 18.9 Å². The van der Waals surface area contributed by atoms with Gasteiger partial charge in [-0.2, -0.15) is 0 Å². The maximum atomic E-state index is 4.58. The lowest BCUT2D eigenvalue weighted by Gasteiger charge is -2.19. The first-order valence-electron chi connectivity index (χ1n) is 6.00. The van der Waals surface area contributed by atoms with Gasteiger partial charge in [0.25, 0.3) is 0 Å². The van der Waals surface area contributed by atoms with Crippen molar-refractivity contribution < 1.29 is 0 Å². The monoisotopic (exact) mass is 229 g/mol. The van der Waals surface area contributed by atoms with Gasteiger partial charge in [-0.25, -0.2) is 4.98 Å². The van der Waals surface area contributed by atoms with Gasteiger partial charge in [0.2, 0.25) is 0 Å². The second-order valence-corrected chi connectivity index (χ2v) is 4.20. The first kappa shape index (κ1) is 11.9. The van der Waals surface area contributed by atoms with E-state index in [1.807, 2.05) is 13.2 Å². The lowest BCUT2D eigenvalue weighted by molar-refractivity contribution is 0.818. The molecule has 1 N–H and O–H groups in total. The summed E-state index contributed by atoms with van der Waals surface area (Å²) in [5, 5.41) is 5.70. The molecule has 0 bridgehead atoms. The van der Waals surface area contributed by atoms with Crippen LogP contribution in [0.25, 0.3) is 10.8 Å². The number of nitrogens with zero attached hydrogens (tertiary/aromatic N) is 2. The Labute approximate surface area is 102 Å². The summed E-state index contributed by atoms with van der Waals surface area (Å²) in [6.45, 7) is 3.95. The Morgan fingerprint density at radius 1 is 1.24 bits per heavy atom. The van der Waals surface area contributed by atoms with Gasteiger partial charge in [-0.05, 0) is 24.9 Å². The fourth-order valence-corrected chi connectivity index (χ4v) is 2.02. The first-order chi connectivity index (χ1) is 8.27. The molecule has 0 aliphatic carbocycles. The van der Waals surface area contributed by atoms with Crippen molar-refractivity contribution in [3.8, 4) is 0 Å². The second-order valence-electron chi connectivity index (χ2n) is 4.20. The minimum absolute atomic E-state index is 0.851. The smallest absolute Gasteiger partial charge is 0.136 e. The van der Waals surface area contributed by atoms with Gasteiger partial charge in [-0.1, -0.05) is 24.3 Å². The third kappa shape index (κ3) is 2.24. The van der Waals surface area contributed by atoms with E-state index in [4.69, 9.17) is 0 Å². The van der Waals surface area contributed by atoms with Crippen molar-refractivity contribution in [1.29, 1.82) is 0 Å². The summed E-state index contributed by atoms with van der Waals surface area (Å²) in [5.41, 5.74) is 1.25. The van der Waals surface area contributed by atoms with Crippen LogP contribution in [0.5, 0.6) is 0 Å². The Bertz CT molecular complexity index is 508. The van der Waals surface area contributed by atoms with Crippen LogP contribution in [-0.4, -0.2) is 25.6 Å².